The topological polar surface area (TPSA) is 104 Å². The lowest BCUT2D eigenvalue weighted by molar-refractivity contribution is -0.919. The molecule has 0 aliphatic carbocycles. The molecular formula is C35H52N4O4. The van der Waals surface area contributed by atoms with Crippen molar-refractivity contribution in [1.29, 1.82) is 0 Å². The Hall–Kier alpha value is -2.78. The highest BCUT2D eigenvalue weighted by atomic mass is 16.6. The number of nitrogens with one attached hydrogen (secondary N) is 2. The summed E-state index contributed by atoms with van der Waals surface area (Å²) in [4.78, 5) is 27.2. The molecule has 4 rings (SSSR count). The number of hydrogen-bond acceptors (Lipinski definition) is 4. The second-order valence-corrected chi connectivity index (χ2v) is 12.5. The van der Waals surface area contributed by atoms with Crippen molar-refractivity contribution in [2.75, 3.05) is 36.8 Å². The molecule has 2 aliphatic heterocycles. The Kier molecular flexibility index (Phi) is 11.4. The number of amides is 2. The van der Waals surface area contributed by atoms with Gasteiger partial charge in [0.15, 0.2) is 12.1 Å². The number of carbonyl (C=O) groups is 2. The predicted molar refractivity (Wildman–Crippen MR) is 174 cm³/mol. The Morgan fingerprint density at radius 2 is 1.00 bits per heavy atom. The summed E-state index contributed by atoms with van der Waals surface area (Å²) in [7, 11) is 0. The fourth-order valence-corrected chi connectivity index (χ4v) is 7.27. The molecule has 2 unspecified atom stereocenters. The maximum absolute atomic E-state index is 14.2. The lowest BCUT2D eigenvalue weighted by Gasteiger charge is -2.53. The molecule has 8 heteroatoms. The van der Waals surface area contributed by atoms with Crippen LogP contribution in [0.3, 0.4) is 0 Å². The van der Waals surface area contributed by atoms with Crippen molar-refractivity contribution in [3.8, 4) is 0 Å². The number of hydroxylamine groups is 6. The van der Waals surface area contributed by atoms with E-state index in [0.29, 0.717) is 32.4 Å². The van der Waals surface area contributed by atoms with E-state index in [4.69, 9.17) is 0 Å². The molecule has 0 saturated carbocycles. The van der Waals surface area contributed by atoms with Crippen LogP contribution in [0.2, 0.25) is 0 Å². The van der Waals surface area contributed by atoms with Crippen LogP contribution in [0, 0.1) is 10.4 Å². The first-order valence-electron chi connectivity index (χ1n) is 16.7. The second kappa shape index (κ2) is 14.8. The predicted octanol–water partition coefficient (Wildman–Crippen LogP) is 6.64. The van der Waals surface area contributed by atoms with Crippen LogP contribution < -0.4 is 10.6 Å². The normalized spacial score (nSPS) is 25.7. The molecule has 0 radical (unpaired) electrons. The Balaban J connectivity index is 1.45. The summed E-state index contributed by atoms with van der Waals surface area (Å²) in [6, 6.07) is 10.8. The van der Waals surface area contributed by atoms with Gasteiger partial charge < -0.3 is 30.3 Å². The van der Waals surface area contributed by atoms with Gasteiger partial charge >= 0.3 is 0 Å². The van der Waals surface area contributed by atoms with Gasteiger partial charge in [-0.3, -0.25) is 9.59 Å². The number of hydrogen-bond donors (Lipinski definition) is 2. The van der Waals surface area contributed by atoms with Gasteiger partial charge in [0.05, 0.1) is 26.2 Å². The monoisotopic (exact) mass is 592 g/mol. The molecule has 0 spiro atoms. The Labute approximate surface area is 258 Å². The van der Waals surface area contributed by atoms with E-state index in [1.54, 1.807) is 0 Å². The van der Waals surface area contributed by atoms with Crippen molar-refractivity contribution >= 4 is 23.2 Å². The van der Waals surface area contributed by atoms with Gasteiger partial charge in [-0.05, 0) is 73.6 Å². The molecule has 2 heterocycles. The summed E-state index contributed by atoms with van der Waals surface area (Å²) >= 11 is 0. The minimum absolute atomic E-state index is 0.212. The molecule has 236 valence electrons. The van der Waals surface area contributed by atoms with Crippen molar-refractivity contribution in [1.82, 2.24) is 0 Å². The van der Waals surface area contributed by atoms with E-state index in [0.717, 1.165) is 85.0 Å². The fourth-order valence-electron chi connectivity index (χ4n) is 7.27. The molecule has 0 aromatic heterocycles. The molecule has 4 atom stereocenters. The van der Waals surface area contributed by atoms with Crippen LogP contribution in [0.15, 0.2) is 36.4 Å². The van der Waals surface area contributed by atoms with Crippen LogP contribution in [0.5, 0.6) is 0 Å². The van der Waals surface area contributed by atoms with Gasteiger partial charge in [-0.15, -0.1) is 0 Å². The lowest BCUT2D eigenvalue weighted by atomic mass is 9.97. The Bertz CT molecular complexity index is 1130. The molecular weight excluding hydrogens is 540 g/mol. The first-order chi connectivity index (χ1) is 20.7. The summed E-state index contributed by atoms with van der Waals surface area (Å²) in [5.41, 5.74) is 5.99. The second-order valence-electron chi connectivity index (χ2n) is 12.5. The molecule has 0 bridgehead atoms. The number of quaternary nitrogens is 2. The number of rotatable bonds is 12. The molecule has 8 nitrogen and oxygen atoms in total. The number of benzene rings is 2. The highest BCUT2D eigenvalue weighted by molar-refractivity contribution is 5.96. The molecule has 2 aromatic rings. The number of piperidine rings is 2. The van der Waals surface area contributed by atoms with Crippen molar-refractivity contribution in [3.63, 3.8) is 0 Å². The maximum atomic E-state index is 14.2. The standard InChI is InChI=1S/C35H52N4O4/c1-5-26-16-13-17-27(6-2)32(26)36-34(40)30-20-9-11-22-38(30,42)24-15-25-39(43)23-12-10-21-31(39)35(41)37-33-28(7-3)18-14-19-29(33)8-4/h13-14,16-19,30-31H,5-12,15,20-25H2,1-4H3,(H,36,40)(H,37,41)/t30?,31?,38-,39-/m1/s1. The third-order valence-electron chi connectivity index (χ3n) is 9.84. The molecule has 2 N–H and O–H groups in total. The number of nitrogens with zero attached hydrogens (tertiary/aromatic N) is 2. The highest BCUT2D eigenvalue weighted by Gasteiger charge is 2.41. The van der Waals surface area contributed by atoms with Gasteiger partial charge in [-0.2, -0.15) is 0 Å². The third-order valence-corrected chi connectivity index (χ3v) is 9.84. The van der Waals surface area contributed by atoms with Crippen LogP contribution in [0.25, 0.3) is 0 Å². The van der Waals surface area contributed by atoms with Gasteiger partial charge in [0.1, 0.15) is 0 Å². The first-order valence-corrected chi connectivity index (χ1v) is 16.7. The van der Waals surface area contributed by atoms with Crippen molar-refractivity contribution in [2.45, 2.75) is 110 Å². The fraction of sp³-hybridized carbons (Fsp3) is 0.600. The SMILES string of the molecule is CCc1cccc(CC)c1NC(=O)C1CCCC[N@@+]1([O-])CCC[N@+]1([O-])CCCCC1C(=O)Nc1c(CC)cccc1CC. The van der Waals surface area contributed by atoms with Crippen molar-refractivity contribution < 1.29 is 18.9 Å². The molecule has 2 fully saturated rings. The first kappa shape index (κ1) is 33.1. The number of aryl methyl sites for hydroxylation is 4. The van der Waals surface area contributed by atoms with Crippen LogP contribution in [-0.2, 0) is 35.3 Å². The Morgan fingerprint density at radius 1 is 0.651 bits per heavy atom. The van der Waals surface area contributed by atoms with Crippen LogP contribution >= 0.6 is 0 Å². The summed E-state index contributed by atoms with van der Waals surface area (Å²) in [5.74, 6) is -0.430. The van der Waals surface area contributed by atoms with E-state index < -0.39 is 21.4 Å². The van der Waals surface area contributed by atoms with Gasteiger partial charge in [0, 0.05) is 30.6 Å². The summed E-state index contributed by atoms with van der Waals surface area (Å²) in [5, 5.41) is 34.7. The minimum Gasteiger partial charge on any atom is -0.632 e. The van der Waals surface area contributed by atoms with Crippen molar-refractivity contribution in [3.05, 3.63) is 69.1 Å². The maximum Gasteiger partial charge on any atom is 0.283 e. The van der Waals surface area contributed by atoms with Crippen LogP contribution in [0.1, 0.15) is 94.9 Å². The Morgan fingerprint density at radius 3 is 1.33 bits per heavy atom. The van der Waals surface area contributed by atoms with Crippen molar-refractivity contribution in [2.24, 2.45) is 0 Å². The number of para-hydroxylation sites is 2. The molecule has 2 saturated heterocycles. The quantitative estimate of drug-likeness (QED) is 0.213. The van der Waals surface area contributed by atoms with Gasteiger partial charge in [0.25, 0.3) is 11.8 Å². The zero-order chi connectivity index (χ0) is 31.0. The van der Waals surface area contributed by atoms with E-state index in [1.807, 2.05) is 36.4 Å². The lowest BCUT2D eigenvalue weighted by Crippen LogP contribution is -2.61. The minimum atomic E-state index is -0.693. The van der Waals surface area contributed by atoms with Gasteiger partial charge in [-0.1, -0.05) is 64.1 Å². The molecule has 2 aromatic carbocycles. The molecule has 43 heavy (non-hydrogen) atoms. The van der Waals surface area contributed by atoms with E-state index >= 15 is 0 Å². The van der Waals surface area contributed by atoms with Gasteiger partial charge in [-0.25, -0.2) is 0 Å². The molecule has 2 amide bonds. The number of likely N-dealkylation sites (tertiary alicyclic amines) is 2. The third kappa shape index (κ3) is 7.48. The average Bonchev–Trinajstić information content (AvgIpc) is 3.01. The van der Waals surface area contributed by atoms with Crippen LogP contribution in [0.4, 0.5) is 11.4 Å². The summed E-state index contributed by atoms with van der Waals surface area (Å²) < 4.78 is -1.19. The largest absolute Gasteiger partial charge is 0.632 e. The smallest absolute Gasteiger partial charge is 0.283 e. The van der Waals surface area contributed by atoms with E-state index in [9.17, 15) is 20.0 Å². The highest BCUT2D eigenvalue weighted by Crippen LogP contribution is 2.32. The zero-order valence-electron chi connectivity index (χ0n) is 26.8. The van der Waals surface area contributed by atoms with Crippen LogP contribution in [-0.4, -0.2) is 59.4 Å². The summed E-state index contributed by atoms with van der Waals surface area (Å²) in [6.07, 6.45) is 7.92. The number of carbonyl (C=O) groups excluding carboxylic acids is 2. The summed E-state index contributed by atoms with van der Waals surface area (Å²) in [6.45, 7) is 9.46. The number of anilines is 2. The van der Waals surface area contributed by atoms with Gasteiger partial charge in [0.2, 0.25) is 0 Å². The zero-order valence-corrected chi connectivity index (χ0v) is 26.8. The van der Waals surface area contributed by atoms with E-state index in [1.165, 1.54) is 0 Å². The van der Waals surface area contributed by atoms with E-state index in [2.05, 4.69) is 38.3 Å². The van der Waals surface area contributed by atoms with E-state index in [-0.39, 0.29) is 24.9 Å². The molecule has 2 aliphatic rings. The average molecular weight is 593 g/mol.